The molecule has 2 aromatic carbocycles. The molecule has 0 spiro atoms. The van der Waals surface area contributed by atoms with Gasteiger partial charge < -0.3 is 4.57 Å². The van der Waals surface area contributed by atoms with Crippen molar-refractivity contribution < 1.29 is 13.3 Å². The molecule has 3 rings (SSSR count). The Balaban J connectivity index is 1.66. The maximum atomic E-state index is 12.4. The van der Waals surface area contributed by atoms with E-state index in [-0.39, 0.29) is 17.1 Å². The van der Waals surface area contributed by atoms with Gasteiger partial charge in [0.05, 0.1) is 16.4 Å². The highest BCUT2D eigenvalue weighted by Gasteiger charge is 2.17. The summed E-state index contributed by atoms with van der Waals surface area (Å²) in [5, 5.41) is 20.1. The maximum absolute atomic E-state index is 12.4. The van der Waals surface area contributed by atoms with Gasteiger partial charge in [0.15, 0.2) is 5.16 Å². The maximum Gasteiger partial charge on any atom is 0.269 e. The molecular weight excluding hydrogens is 450 g/mol. The SMILES string of the molecule is CCn1c(CNS(=O)(=O)c2ccc(Cl)cc2)nnc1SCc1ccc([N+](=O)[O-])cc1. The van der Waals surface area contributed by atoms with E-state index in [1.54, 1.807) is 12.1 Å². The molecule has 0 amide bonds. The zero-order chi connectivity index (χ0) is 21.7. The number of rotatable bonds is 9. The molecule has 0 fully saturated rings. The average Bonchev–Trinajstić information content (AvgIpc) is 3.13. The molecule has 1 N–H and O–H groups in total. The lowest BCUT2D eigenvalue weighted by Gasteiger charge is -2.09. The van der Waals surface area contributed by atoms with Crippen LogP contribution < -0.4 is 4.72 Å². The Labute approximate surface area is 182 Å². The Hall–Kier alpha value is -2.47. The first-order valence-electron chi connectivity index (χ1n) is 8.83. The van der Waals surface area contributed by atoms with Crippen LogP contribution in [0.3, 0.4) is 0 Å². The zero-order valence-corrected chi connectivity index (χ0v) is 18.2. The van der Waals surface area contributed by atoms with Crippen LogP contribution in [0, 0.1) is 10.1 Å². The summed E-state index contributed by atoms with van der Waals surface area (Å²) in [4.78, 5) is 10.4. The first-order chi connectivity index (χ1) is 14.3. The standard InChI is InChI=1S/C18H18ClN5O4S2/c1-2-23-17(11-20-30(27,28)16-9-5-14(19)6-10-16)21-22-18(23)29-12-13-3-7-15(8-4-13)24(25)26/h3-10,20H,2,11-12H2,1H3. The summed E-state index contributed by atoms with van der Waals surface area (Å²) in [6.07, 6.45) is 0. The number of benzene rings is 2. The van der Waals surface area contributed by atoms with Crippen LogP contribution in [0.25, 0.3) is 0 Å². The van der Waals surface area contributed by atoms with Crippen LogP contribution in [-0.4, -0.2) is 28.1 Å². The molecule has 1 aromatic heterocycles. The third kappa shape index (κ3) is 5.36. The van der Waals surface area contributed by atoms with E-state index in [2.05, 4.69) is 14.9 Å². The van der Waals surface area contributed by atoms with Crippen molar-refractivity contribution in [3.63, 3.8) is 0 Å². The van der Waals surface area contributed by atoms with E-state index in [9.17, 15) is 18.5 Å². The van der Waals surface area contributed by atoms with Gasteiger partial charge in [0.2, 0.25) is 10.0 Å². The molecule has 9 nitrogen and oxygen atoms in total. The van der Waals surface area contributed by atoms with Crippen molar-refractivity contribution in [2.45, 2.75) is 35.8 Å². The molecule has 0 aliphatic heterocycles. The van der Waals surface area contributed by atoms with Crippen LogP contribution in [0.1, 0.15) is 18.3 Å². The van der Waals surface area contributed by atoms with Crippen molar-refractivity contribution in [3.05, 3.63) is 75.1 Å². The normalized spacial score (nSPS) is 11.5. The van der Waals surface area contributed by atoms with Crippen LogP contribution in [0.15, 0.2) is 58.6 Å². The van der Waals surface area contributed by atoms with Gasteiger partial charge in [0.1, 0.15) is 5.82 Å². The van der Waals surface area contributed by atoms with Crippen molar-refractivity contribution in [3.8, 4) is 0 Å². The number of nitro benzene ring substituents is 1. The fraction of sp³-hybridized carbons (Fsp3) is 0.222. The first kappa shape index (κ1) is 22.2. The average molecular weight is 468 g/mol. The van der Waals surface area contributed by atoms with Crippen LogP contribution >= 0.6 is 23.4 Å². The number of non-ortho nitro benzene ring substituents is 1. The Morgan fingerprint density at radius 3 is 2.40 bits per heavy atom. The molecule has 30 heavy (non-hydrogen) atoms. The highest BCUT2D eigenvalue weighted by Crippen LogP contribution is 2.23. The highest BCUT2D eigenvalue weighted by molar-refractivity contribution is 7.98. The highest BCUT2D eigenvalue weighted by atomic mass is 35.5. The molecule has 1 heterocycles. The van der Waals surface area contributed by atoms with E-state index in [0.717, 1.165) is 5.56 Å². The summed E-state index contributed by atoms with van der Waals surface area (Å²) in [6.45, 7) is 2.47. The molecular formula is C18H18ClN5O4S2. The fourth-order valence-corrected chi connectivity index (χ4v) is 4.68. The quantitative estimate of drug-likeness (QED) is 0.290. The number of aromatic nitrogens is 3. The number of halogens is 1. The summed E-state index contributed by atoms with van der Waals surface area (Å²) < 4.78 is 29.2. The minimum atomic E-state index is -3.71. The van der Waals surface area contributed by atoms with Crippen LogP contribution in [0.2, 0.25) is 5.02 Å². The summed E-state index contributed by atoms with van der Waals surface area (Å²) >= 11 is 7.22. The molecule has 0 saturated heterocycles. The number of nitrogens with one attached hydrogen (secondary N) is 1. The van der Waals surface area contributed by atoms with Gasteiger partial charge in [-0.05, 0) is 36.8 Å². The van der Waals surface area contributed by atoms with Gasteiger partial charge in [-0.3, -0.25) is 10.1 Å². The lowest BCUT2D eigenvalue weighted by Crippen LogP contribution is -2.25. The molecule has 0 aliphatic carbocycles. The topological polar surface area (TPSA) is 120 Å². The number of sulfonamides is 1. The monoisotopic (exact) mass is 467 g/mol. The van der Waals surface area contributed by atoms with Gasteiger partial charge in [-0.1, -0.05) is 35.5 Å². The smallest absolute Gasteiger partial charge is 0.269 e. The second kappa shape index (κ2) is 9.56. The summed E-state index contributed by atoms with van der Waals surface area (Å²) in [5.41, 5.74) is 0.942. The van der Waals surface area contributed by atoms with E-state index in [1.807, 2.05) is 11.5 Å². The predicted octanol–water partition coefficient (Wildman–Crippen LogP) is 3.63. The minimum absolute atomic E-state index is 0.0100. The van der Waals surface area contributed by atoms with E-state index >= 15 is 0 Å². The van der Waals surface area contributed by atoms with E-state index < -0.39 is 14.9 Å². The third-order valence-corrected chi connectivity index (χ3v) is 6.88. The molecule has 0 bridgehead atoms. The second-order valence-electron chi connectivity index (χ2n) is 6.13. The van der Waals surface area contributed by atoms with Gasteiger partial charge in [-0.2, -0.15) is 0 Å². The van der Waals surface area contributed by atoms with E-state index in [4.69, 9.17) is 11.6 Å². The van der Waals surface area contributed by atoms with Crippen LogP contribution in [0.4, 0.5) is 5.69 Å². The van der Waals surface area contributed by atoms with Crippen LogP contribution in [-0.2, 0) is 28.9 Å². The van der Waals surface area contributed by atoms with Crippen molar-refractivity contribution in [1.82, 2.24) is 19.5 Å². The first-order valence-corrected chi connectivity index (χ1v) is 11.7. The van der Waals surface area contributed by atoms with Gasteiger partial charge in [-0.15, -0.1) is 10.2 Å². The minimum Gasteiger partial charge on any atom is -0.305 e. The summed E-state index contributed by atoms with van der Waals surface area (Å²) in [5.74, 6) is 1.04. The molecule has 0 atom stereocenters. The van der Waals surface area contributed by atoms with E-state index in [0.29, 0.717) is 28.3 Å². The largest absolute Gasteiger partial charge is 0.305 e. The summed E-state index contributed by atoms with van der Waals surface area (Å²) in [7, 11) is -3.71. The lowest BCUT2D eigenvalue weighted by molar-refractivity contribution is -0.384. The number of hydrogen-bond donors (Lipinski definition) is 1. The summed E-state index contributed by atoms with van der Waals surface area (Å²) in [6, 6.07) is 12.2. The molecule has 12 heteroatoms. The molecule has 0 unspecified atom stereocenters. The zero-order valence-electron chi connectivity index (χ0n) is 15.9. The van der Waals surface area contributed by atoms with Gasteiger partial charge in [0, 0.05) is 29.5 Å². The van der Waals surface area contributed by atoms with Crippen molar-refractivity contribution >= 4 is 39.1 Å². The van der Waals surface area contributed by atoms with Crippen molar-refractivity contribution in [1.29, 1.82) is 0 Å². The molecule has 0 radical (unpaired) electrons. The molecule has 158 valence electrons. The number of nitrogens with zero attached hydrogens (tertiary/aromatic N) is 4. The van der Waals surface area contributed by atoms with Gasteiger partial charge in [0.25, 0.3) is 5.69 Å². The Morgan fingerprint density at radius 2 is 1.80 bits per heavy atom. The number of hydrogen-bond acceptors (Lipinski definition) is 7. The third-order valence-electron chi connectivity index (χ3n) is 4.17. The Morgan fingerprint density at radius 1 is 1.13 bits per heavy atom. The molecule has 3 aromatic rings. The Bertz CT molecular complexity index is 1130. The fourth-order valence-electron chi connectivity index (χ4n) is 2.59. The molecule has 0 saturated carbocycles. The predicted molar refractivity (Wildman–Crippen MR) is 114 cm³/mol. The number of thioether (sulfide) groups is 1. The van der Waals surface area contributed by atoms with Crippen molar-refractivity contribution in [2.75, 3.05) is 0 Å². The second-order valence-corrected chi connectivity index (χ2v) is 9.28. The van der Waals surface area contributed by atoms with Crippen molar-refractivity contribution in [2.24, 2.45) is 0 Å². The molecule has 0 aliphatic rings. The van der Waals surface area contributed by atoms with Crippen LogP contribution in [0.5, 0.6) is 0 Å². The van der Waals surface area contributed by atoms with E-state index in [1.165, 1.54) is 48.2 Å². The lowest BCUT2D eigenvalue weighted by atomic mass is 10.2. The Kier molecular flexibility index (Phi) is 7.08. The van der Waals surface area contributed by atoms with Gasteiger partial charge in [-0.25, -0.2) is 13.1 Å². The number of nitro groups is 1. The van der Waals surface area contributed by atoms with Gasteiger partial charge >= 0.3 is 0 Å².